The van der Waals surface area contributed by atoms with Gasteiger partial charge in [-0.1, -0.05) is 0 Å². The van der Waals surface area contributed by atoms with E-state index in [9.17, 15) is 14.4 Å². The standard InChI is InChI=1S/C11H19N3O4/c1-13(6-5-10(16)17)11(18)14(2)7-9(15)12-8-3-4-8/h8H,3-7H2,1-2H3,(H,12,15)(H,16,17). The minimum absolute atomic E-state index is 0.00720. The molecule has 7 heteroatoms. The molecule has 0 heterocycles. The number of carboxylic acids is 1. The zero-order chi connectivity index (χ0) is 13.7. The van der Waals surface area contributed by atoms with Crippen molar-refractivity contribution < 1.29 is 19.5 Å². The number of amides is 3. The van der Waals surface area contributed by atoms with Crippen LogP contribution in [0.1, 0.15) is 19.3 Å². The first kappa shape index (κ1) is 14.3. The van der Waals surface area contributed by atoms with Crippen LogP contribution >= 0.6 is 0 Å². The van der Waals surface area contributed by atoms with Crippen LogP contribution in [0.3, 0.4) is 0 Å². The van der Waals surface area contributed by atoms with Crippen LogP contribution in [0.5, 0.6) is 0 Å². The van der Waals surface area contributed by atoms with Gasteiger partial charge in [-0.25, -0.2) is 4.79 Å². The number of hydrogen-bond acceptors (Lipinski definition) is 3. The number of carboxylic acid groups (broad SMARTS) is 1. The molecule has 2 N–H and O–H groups in total. The van der Waals surface area contributed by atoms with Crippen molar-refractivity contribution in [3.63, 3.8) is 0 Å². The van der Waals surface area contributed by atoms with E-state index >= 15 is 0 Å². The second-order valence-corrected chi connectivity index (χ2v) is 4.55. The van der Waals surface area contributed by atoms with Crippen molar-refractivity contribution in [2.24, 2.45) is 0 Å². The van der Waals surface area contributed by atoms with E-state index in [2.05, 4.69) is 5.32 Å². The van der Waals surface area contributed by atoms with Gasteiger partial charge in [0.2, 0.25) is 5.91 Å². The highest BCUT2D eigenvalue weighted by molar-refractivity contribution is 5.84. The molecule has 1 fully saturated rings. The van der Waals surface area contributed by atoms with Crippen molar-refractivity contribution in [1.82, 2.24) is 15.1 Å². The molecule has 0 aromatic heterocycles. The molecular weight excluding hydrogens is 238 g/mol. The number of carbonyl (C=O) groups is 3. The van der Waals surface area contributed by atoms with Crippen LogP contribution in [-0.2, 0) is 9.59 Å². The number of aliphatic carboxylic acids is 1. The molecule has 1 saturated carbocycles. The summed E-state index contributed by atoms with van der Waals surface area (Å²) in [4.78, 5) is 36.2. The van der Waals surface area contributed by atoms with Crippen LogP contribution in [0.2, 0.25) is 0 Å². The highest BCUT2D eigenvalue weighted by atomic mass is 16.4. The summed E-state index contributed by atoms with van der Waals surface area (Å²) in [6.45, 7) is 0.121. The van der Waals surface area contributed by atoms with Crippen molar-refractivity contribution in [3.8, 4) is 0 Å². The van der Waals surface area contributed by atoms with Gasteiger partial charge in [0.15, 0.2) is 0 Å². The molecule has 1 aliphatic rings. The average Bonchev–Trinajstić information content (AvgIpc) is 3.08. The first-order valence-electron chi connectivity index (χ1n) is 5.87. The van der Waals surface area contributed by atoms with Crippen molar-refractivity contribution in [2.75, 3.05) is 27.2 Å². The molecule has 102 valence electrons. The first-order valence-corrected chi connectivity index (χ1v) is 5.87. The number of likely N-dealkylation sites (N-methyl/N-ethyl adjacent to an activating group) is 1. The Morgan fingerprint density at radius 3 is 2.33 bits per heavy atom. The molecule has 0 spiro atoms. The summed E-state index contributed by atoms with van der Waals surface area (Å²) in [6.07, 6.45) is 1.90. The van der Waals surface area contributed by atoms with Gasteiger partial charge in [-0.05, 0) is 12.8 Å². The minimum Gasteiger partial charge on any atom is -0.481 e. The zero-order valence-corrected chi connectivity index (χ0v) is 10.7. The van der Waals surface area contributed by atoms with E-state index in [4.69, 9.17) is 5.11 Å². The van der Waals surface area contributed by atoms with Crippen molar-refractivity contribution >= 4 is 17.9 Å². The Balaban J connectivity index is 2.29. The third-order valence-corrected chi connectivity index (χ3v) is 2.64. The number of nitrogens with one attached hydrogen (secondary N) is 1. The van der Waals surface area contributed by atoms with E-state index < -0.39 is 5.97 Å². The molecule has 1 rings (SSSR count). The maximum absolute atomic E-state index is 11.8. The number of hydrogen-bond donors (Lipinski definition) is 2. The topological polar surface area (TPSA) is 90.0 Å². The Bertz CT molecular complexity index is 341. The lowest BCUT2D eigenvalue weighted by molar-refractivity contribution is -0.137. The van der Waals surface area contributed by atoms with Gasteiger partial charge in [-0.15, -0.1) is 0 Å². The van der Waals surface area contributed by atoms with Crippen LogP contribution in [0, 0.1) is 0 Å². The molecule has 0 saturated heterocycles. The maximum atomic E-state index is 11.8. The first-order chi connectivity index (χ1) is 8.40. The molecule has 18 heavy (non-hydrogen) atoms. The minimum atomic E-state index is -0.955. The molecule has 1 aliphatic carbocycles. The fourth-order valence-electron chi connectivity index (χ4n) is 1.43. The molecule has 0 aromatic rings. The SMILES string of the molecule is CN(CCC(=O)O)C(=O)N(C)CC(=O)NC1CC1. The quantitative estimate of drug-likeness (QED) is 0.685. The van der Waals surface area contributed by atoms with Crippen LogP contribution in [0.4, 0.5) is 4.79 Å². The maximum Gasteiger partial charge on any atom is 0.319 e. The number of nitrogens with zero attached hydrogens (tertiary/aromatic N) is 2. The van der Waals surface area contributed by atoms with Crippen LogP contribution < -0.4 is 5.32 Å². The molecule has 0 aliphatic heterocycles. The normalized spacial score (nSPS) is 13.9. The Labute approximate surface area is 106 Å². The van der Waals surface area contributed by atoms with Gasteiger partial charge < -0.3 is 20.2 Å². The smallest absolute Gasteiger partial charge is 0.319 e. The third-order valence-electron chi connectivity index (χ3n) is 2.64. The summed E-state index contributed by atoms with van der Waals surface area (Å²) in [5.41, 5.74) is 0. The Morgan fingerprint density at radius 1 is 1.22 bits per heavy atom. The fraction of sp³-hybridized carbons (Fsp3) is 0.727. The lowest BCUT2D eigenvalue weighted by Gasteiger charge is -2.24. The Morgan fingerprint density at radius 2 is 1.83 bits per heavy atom. The number of carbonyl (C=O) groups excluding carboxylic acids is 2. The monoisotopic (exact) mass is 257 g/mol. The predicted octanol–water partition coefficient (Wildman–Crippen LogP) is -0.277. The summed E-state index contributed by atoms with van der Waals surface area (Å²) < 4.78 is 0. The van der Waals surface area contributed by atoms with Gasteiger partial charge in [0, 0.05) is 26.7 Å². The number of rotatable bonds is 6. The van der Waals surface area contributed by atoms with Gasteiger partial charge in [0.25, 0.3) is 0 Å². The molecular formula is C11H19N3O4. The second-order valence-electron chi connectivity index (χ2n) is 4.55. The van der Waals surface area contributed by atoms with E-state index in [1.807, 2.05) is 0 Å². The van der Waals surface area contributed by atoms with Crippen molar-refractivity contribution in [2.45, 2.75) is 25.3 Å². The summed E-state index contributed by atoms with van der Waals surface area (Å²) in [5.74, 6) is -1.14. The van der Waals surface area contributed by atoms with E-state index in [1.54, 1.807) is 0 Å². The highest BCUT2D eigenvalue weighted by Crippen LogP contribution is 2.18. The molecule has 0 atom stereocenters. The summed E-state index contributed by atoms with van der Waals surface area (Å²) >= 11 is 0. The summed E-state index contributed by atoms with van der Waals surface area (Å²) in [7, 11) is 3.03. The molecule has 0 unspecified atom stereocenters. The molecule has 0 bridgehead atoms. The second kappa shape index (κ2) is 6.23. The summed E-state index contributed by atoms with van der Waals surface area (Å²) in [5, 5.41) is 11.3. The van der Waals surface area contributed by atoms with Crippen molar-refractivity contribution in [1.29, 1.82) is 0 Å². The fourth-order valence-corrected chi connectivity index (χ4v) is 1.43. The molecule has 7 nitrogen and oxygen atoms in total. The highest BCUT2D eigenvalue weighted by Gasteiger charge is 2.24. The van der Waals surface area contributed by atoms with E-state index in [-0.39, 0.29) is 37.5 Å². The average molecular weight is 257 g/mol. The van der Waals surface area contributed by atoms with Crippen LogP contribution in [-0.4, -0.2) is 66.0 Å². The molecule has 0 aromatic carbocycles. The van der Waals surface area contributed by atoms with Gasteiger partial charge in [-0.2, -0.15) is 0 Å². The number of urea groups is 1. The van der Waals surface area contributed by atoms with E-state index in [0.717, 1.165) is 12.8 Å². The lowest BCUT2D eigenvalue weighted by atomic mass is 10.4. The van der Waals surface area contributed by atoms with Gasteiger partial charge in [-0.3, -0.25) is 9.59 Å². The van der Waals surface area contributed by atoms with Gasteiger partial charge >= 0.3 is 12.0 Å². The van der Waals surface area contributed by atoms with E-state index in [1.165, 1.54) is 23.9 Å². The van der Waals surface area contributed by atoms with E-state index in [0.29, 0.717) is 0 Å². The van der Waals surface area contributed by atoms with Crippen LogP contribution in [0.15, 0.2) is 0 Å². The van der Waals surface area contributed by atoms with Gasteiger partial charge in [0.05, 0.1) is 6.42 Å². The summed E-state index contributed by atoms with van der Waals surface area (Å²) in [6, 6.07) is -0.0899. The van der Waals surface area contributed by atoms with Crippen molar-refractivity contribution in [3.05, 3.63) is 0 Å². The lowest BCUT2D eigenvalue weighted by Crippen LogP contribution is -2.44. The molecule has 0 radical (unpaired) electrons. The van der Waals surface area contributed by atoms with Gasteiger partial charge in [0.1, 0.15) is 6.54 Å². The predicted molar refractivity (Wildman–Crippen MR) is 64.1 cm³/mol. The third kappa shape index (κ3) is 5.03. The Kier molecular flexibility index (Phi) is 4.94. The largest absolute Gasteiger partial charge is 0.481 e. The molecule has 3 amide bonds. The van der Waals surface area contributed by atoms with Crippen LogP contribution in [0.25, 0.3) is 0 Å². The Hall–Kier alpha value is -1.79. The zero-order valence-electron chi connectivity index (χ0n) is 10.7.